The van der Waals surface area contributed by atoms with Gasteiger partial charge in [0.2, 0.25) is 5.91 Å². The van der Waals surface area contributed by atoms with Crippen LogP contribution in [-0.2, 0) is 16.1 Å². The molecule has 1 aliphatic heterocycles. The Morgan fingerprint density at radius 1 is 1.23 bits per heavy atom. The minimum absolute atomic E-state index is 0.142. The Hall–Kier alpha value is -1.79. The standard InChI is InChI=1S/C20H32N2O4/c1-4-26-13-5-10-21-20(23)16-8-11-22(12-9-16)15-17-6-7-18(24-2)14-19(17)25-3/h6-7,14,16H,4-5,8-13,15H2,1-3H3,(H,21,23)/p+1. The molecular weight excluding hydrogens is 332 g/mol. The smallest absolute Gasteiger partial charge is 0.223 e. The maximum absolute atomic E-state index is 12.3. The number of likely N-dealkylation sites (tertiary alicyclic amines) is 1. The number of piperidine rings is 1. The molecule has 1 aliphatic rings. The Balaban J connectivity index is 1.75. The van der Waals surface area contributed by atoms with Crippen molar-refractivity contribution in [2.75, 3.05) is 47.1 Å². The molecule has 6 nitrogen and oxygen atoms in total. The van der Waals surface area contributed by atoms with Crippen molar-refractivity contribution in [1.29, 1.82) is 0 Å². The van der Waals surface area contributed by atoms with Gasteiger partial charge < -0.3 is 24.4 Å². The molecule has 0 unspecified atom stereocenters. The van der Waals surface area contributed by atoms with Crippen LogP contribution in [0, 0.1) is 5.92 Å². The van der Waals surface area contributed by atoms with Crippen LogP contribution in [0.25, 0.3) is 0 Å². The lowest BCUT2D eigenvalue weighted by Crippen LogP contribution is -3.11. The average molecular weight is 365 g/mol. The van der Waals surface area contributed by atoms with E-state index in [-0.39, 0.29) is 11.8 Å². The van der Waals surface area contributed by atoms with Crippen LogP contribution in [0.15, 0.2) is 18.2 Å². The van der Waals surface area contributed by atoms with Gasteiger partial charge in [-0.1, -0.05) is 0 Å². The summed E-state index contributed by atoms with van der Waals surface area (Å²) >= 11 is 0. The first-order valence-corrected chi connectivity index (χ1v) is 9.57. The van der Waals surface area contributed by atoms with E-state index in [9.17, 15) is 4.79 Å². The number of carbonyl (C=O) groups excluding carboxylic acids is 1. The van der Waals surface area contributed by atoms with Crippen LogP contribution >= 0.6 is 0 Å². The monoisotopic (exact) mass is 365 g/mol. The summed E-state index contributed by atoms with van der Waals surface area (Å²) in [5.74, 6) is 2.01. The first kappa shape index (κ1) is 20.5. The van der Waals surface area contributed by atoms with E-state index in [0.717, 1.165) is 57.0 Å². The van der Waals surface area contributed by atoms with Crippen molar-refractivity contribution in [3.63, 3.8) is 0 Å². The highest BCUT2D eigenvalue weighted by Gasteiger charge is 2.27. The van der Waals surface area contributed by atoms with Crippen LogP contribution in [0.5, 0.6) is 11.5 Å². The molecule has 146 valence electrons. The second-order valence-corrected chi connectivity index (χ2v) is 6.72. The van der Waals surface area contributed by atoms with Crippen LogP contribution in [0.3, 0.4) is 0 Å². The third-order valence-electron chi connectivity index (χ3n) is 4.97. The van der Waals surface area contributed by atoms with Gasteiger partial charge in [0.25, 0.3) is 0 Å². The summed E-state index contributed by atoms with van der Waals surface area (Å²) in [6.45, 7) is 7.05. The minimum atomic E-state index is 0.142. The molecule has 1 saturated heterocycles. The number of ether oxygens (including phenoxy) is 3. The summed E-state index contributed by atoms with van der Waals surface area (Å²) in [7, 11) is 3.35. The number of rotatable bonds is 10. The predicted octanol–water partition coefficient (Wildman–Crippen LogP) is 1.04. The lowest BCUT2D eigenvalue weighted by Gasteiger charge is -2.29. The van der Waals surface area contributed by atoms with E-state index in [1.165, 1.54) is 10.5 Å². The fourth-order valence-corrected chi connectivity index (χ4v) is 3.41. The second-order valence-electron chi connectivity index (χ2n) is 6.72. The molecule has 0 atom stereocenters. The van der Waals surface area contributed by atoms with Gasteiger partial charge in [-0.3, -0.25) is 4.79 Å². The molecule has 2 rings (SSSR count). The molecule has 26 heavy (non-hydrogen) atoms. The predicted molar refractivity (Wildman–Crippen MR) is 101 cm³/mol. The van der Waals surface area contributed by atoms with Gasteiger partial charge in [-0.05, 0) is 25.5 Å². The van der Waals surface area contributed by atoms with Crippen molar-refractivity contribution in [1.82, 2.24) is 5.32 Å². The van der Waals surface area contributed by atoms with Crippen molar-refractivity contribution >= 4 is 5.91 Å². The maximum atomic E-state index is 12.3. The summed E-state index contributed by atoms with van der Waals surface area (Å²) in [6, 6.07) is 5.97. The fraction of sp³-hybridized carbons (Fsp3) is 0.650. The third kappa shape index (κ3) is 6.18. The van der Waals surface area contributed by atoms with E-state index in [4.69, 9.17) is 14.2 Å². The topological polar surface area (TPSA) is 61.2 Å². The normalized spacial score (nSPS) is 19.8. The molecule has 0 bridgehead atoms. The maximum Gasteiger partial charge on any atom is 0.223 e. The van der Waals surface area contributed by atoms with Crippen molar-refractivity contribution in [2.24, 2.45) is 5.92 Å². The van der Waals surface area contributed by atoms with Crippen LogP contribution in [-0.4, -0.2) is 53.0 Å². The summed E-state index contributed by atoms with van der Waals surface area (Å²) in [5, 5.41) is 3.04. The molecule has 1 heterocycles. The number of carbonyl (C=O) groups is 1. The number of nitrogens with one attached hydrogen (secondary N) is 2. The number of amides is 1. The first-order chi connectivity index (χ1) is 12.7. The Bertz CT molecular complexity index is 557. The minimum Gasteiger partial charge on any atom is -0.497 e. The lowest BCUT2D eigenvalue weighted by atomic mass is 9.95. The Morgan fingerprint density at radius 3 is 2.65 bits per heavy atom. The van der Waals surface area contributed by atoms with Gasteiger partial charge in [0, 0.05) is 50.1 Å². The Labute approximate surface area is 156 Å². The van der Waals surface area contributed by atoms with Crippen molar-refractivity contribution in [3.8, 4) is 11.5 Å². The molecule has 2 N–H and O–H groups in total. The fourth-order valence-electron chi connectivity index (χ4n) is 3.41. The van der Waals surface area contributed by atoms with Crippen molar-refractivity contribution in [2.45, 2.75) is 32.7 Å². The summed E-state index contributed by atoms with van der Waals surface area (Å²) in [4.78, 5) is 13.8. The molecule has 0 aromatic heterocycles. The van der Waals surface area contributed by atoms with Gasteiger partial charge in [0.15, 0.2) is 0 Å². The molecule has 0 spiro atoms. The van der Waals surface area contributed by atoms with Gasteiger partial charge >= 0.3 is 0 Å². The highest BCUT2D eigenvalue weighted by Crippen LogP contribution is 2.24. The summed E-state index contributed by atoms with van der Waals surface area (Å²) in [6.07, 6.45) is 2.75. The zero-order valence-corrected chi connectivity index (χ0v) is 16.3. The molecule has 0 radical (unpaired) electrons. The first-order valence-electron chi connectivity index (χ1n) is 9.57. The van der Waals surface area contributed by atoms with E-state index in [2.05, 4.69) is 11.4 Å². The average Bonchev–Trinajstić information content (AvgIpc) is 2.68. The highest BCUT2D eigenvalue weighted by molar-refractivity contribution is 5.78. The quantitative estimate of drug-likeness (QED) is 0.609. The van der Waals surface area contributed by atoms with Gasteiger partial charge in [0.05, 0.1) is 27.3 Å². The van der Waals surface area contributed by atoms with Gasteiger partial charge in [0.1, 0.15) is 18.0 Å². The number of benzene rings is 1. The van der Waals surface area contributed by atoms with E-state index in [1.54, 1.807) is 14.2 Å². The second kappa shape index (κ2) is 11.0. The van der Waals surface area contributed by atoms with Crippen molar-refractivity contribution in [3.05, 3.63) is 23.8 Å². The van der Waals surface area contributed by atoms with Gasteiger partial charge in [-0.2, -0.15) is 0 Å². The largest absolute Gasteiger partial charge is 0.497 e. The van der Waals surface area contributed by atoms with E-state index in [1.807, 2.05) is 19.1 Å². The molecule has 0 saturated carbocycles. The molecule has 6 heteroatoms. The van der Waals surface area contributed by atoms with Crippen molar-refractivity contribution < 1.29 is 23.9 Å². The number of hydrogen-bond donors (Lipinski definition) is 2. The number of hydrogen-bond acceptors (Lipinski definition) is 4. The lowest BCUT2D eigenvalue weighted by molar-refractivity contribution is -0.919. The summed E-state index contributed by atoms with van der Waals surface area (Å²) < 4.78 is 16.0. The Morgan fingerprint density at radius 2 is 2.00 bits per heavy atom. The third-order valence-corrected chi connectivity index (χ3v) is 4.97. The molecule has 1 amide bonds. The molecule has 1 aromatic carbocycles. The zero-order valence-electron chi connectivity index (χ0n) is 16.3. The van der Waals surface area contributed by atoms with Crippen LogP contribution in [0.1, 0.15) is 31.7 Å². The molecular formula is C20H33N2O4+. The van der Waals surface area contributed by atoms with Gasteiger partial charge in [-0.15, -0.1) is 0 Å². The van der Waals surface area contributed by atoms with E-state index in [0.29, 0.717) is 13.2 Å². The Kier molecular flexibility index (Phi) is 8.71. The molecule has 0 aliphatic carbocycles. The van der Waals surface area contributed by atoms with E-state index < -0.39 is 0 Å². The van der Waals surface area contributed by atoms with Gasteiger partial charge in [-0.25, -0.2) is 0 Å². The number of quaternary nitrogens is 1. The molecule has 1 aromatic rings. The number of methoxy groups -OCH3 is 2. The zero-order chi connectivity index (χ0) is 18.8. The SMILES string of the molecule is CCOCCCNC(=O)C1CC[NH+](Cc2ccc(OC)cc2OC)CC1. The summed E-state index contributed by atoms with van der Waals surface area (Å²) in [5.41, 5.74) is 1.18. The molecule has 1 fully saturated rings. The van der Waals surface area contributed by atoms with Crippen LogP contribution in [0.2, 0.25) is 0 Å². The highest BCUT2D eigenvalue weighted by atomic mass is 16.5. The van der Waals surface area contributed by atoms with Crippen LogP contribution < -0.4 is 19.7 Å². The van der Waals surface area contributed by atoms with Crippen LogP contribution in [0.4, 0.5) is 0 Å². The van der Waals surface area contributed by atoms with E-state index >= 15 is 0 Å².